The molecule has 0 aliphatic carbocycles. The van der Waals surface area contributed by atoms with E-state index < -0.39 is 32.8 Å². The average molecular weight is 352 g/mol. The maximum Gasteiger partial charge on any atom is 0.451 e. The number of hydrogen-bond donors (Lipinski definition) is 0. The van der Waals surface area contributed by atoms with Crippen LogP contribution in [0.1, 0.15) is 19.8 Å². The van der Waals surface area contributed by atoms with E-state index in [2.05, 4.69) is 69.8 Å². The molecule has 0 aromatic heterocycles. The number of rotatable bonds is 8. The molecule has 0 saturated heterocycles. The van der Waals surface area contributed by atoms with E-state index in [9.17, 15) is 0 Å². The molecule has 7 heteroatoms. The second-order valence-electron chi connectivity index (χ2n) is 8.36. The lowest BCUT2D eigenvalue weighted by Gasteiger charge is -2.34. The largest absolute Gasteiger partial charge is 0.451 e. The van der Waals surface area contributed by atoms with Gasteiger partial charge in [-0.2, -0.15) is 0 Å². The molecule has 0 bridgehead atoms. The second-order valence-corrected chi connectivity index (χ2v) is 25.4. The maximum atomic E-state index is 6.30. The highest BCUT2D eigenvalue weighted by Crippen LogP contribution is 2.43. The van der Waals surface area contributed by atoms with Crippen LogP contribution in [0, 0.1) is 0 Å². The molecule has 1 atom stereocenters. The van der Waals surface area contributed by atoms with Crippen LogP contribution in [0.25, 0.3) is 0 Å². The molecule has 0 aromatic rings. The first-order valence-electron chi connectivity index (χ1n) is 7.75. The van der Waals surface area contributed by atoms with Gasteiger partial charge in [0.2, 0.25) is 8.24 Å². The summed E-state index contributed by atoms with van der Waals surface area (Å²) in [7, 11) is -5.06. The van der Waals surface area contributed by atoms with Crippen LogP contribution in [-0.2, 0) is 4.52 Å². The molecule has 0 amide bonds. The molecule has 20 heavy (non-hydrogen) atoms. The maximum absolute atomic E-state index is 6.30. The minimum atomic E-state index is -1.47. The summed E-state index contributed by atoms with van der Waals surface area (Å²) >= 11 is 0. The zero-order valence-corrected chi connectivity index (χ0v) is 19.3. The molecule has 0 aliphatic rings. The van der Waals surface area contributed by atoms with E-state index in [-0.39, 0.29) is 0 Å². The summed E-state index contributed by atoms with van der Waals surface area (Å²) in [6.45, 7) is 24.6. The molecule has 0 aliphatic heterocycles. The highest BCUT2D eigenvalue weighted by atomic mass is 31.1. The molecule has 0 aromatic carbocycles. The van der Waals surface area contributed by atoms with Crippen molar-refractivity contribution in [3.05, 3.63) is 0 Å². The van der Waals surface area contributed by atoms with Gasteiger partial charge in [0.1, 0.15) is 6.61 Å². The van der Waals surface area contributed by atoms with Crippen molar-refractivity contribution in [2.75, 3.05) is 6.61 Å². The molecule has 1 unspecified atom stereocenters. The Bertz CT molecular complexity index is 316. The first-order chi connectivity index (χ1) is 8.79. The first-order valence-corrected chi connectivity index (χ1v) is 19.3. The van der Waals surface area contributed by atoms with E-state index in [0.29, 0.717) is 0 Å². The summed E-state index contributed by atoms with van der Waals surface area (Å²) in [4.78, 5) is 0. The topological polar surface area (TPSA) is 24.8 Å². The molecule has 0 rings (SSSR count). The monoisotopic (exact) mass is 351 g/mol. The van der Waals surface area contributed by atoms with Gasteiger partial charge in [-0.15, -0.1) is 12.9 Å². The van der Waals surface area contributed by atoms with Gasteiger partial charge < -0.3 is 0 Å². The van der Waals surface area contributed by atoms with Crippen molar-refractivity contribution in [1.29, 1.82) is 0 Å². The molecule has 120 valence electrons. The van der Waals surface area contributed by atoms with Gasteiger partial charge in [0.15, 0.2) is 16.5 Å². The van der Waals surface area contributed by atoms with Gasteiger partial charge in [-0.1, -0.05) is 52.6 Å². The Labute approximate surface area is 131 Å². The summed E-state index contributed by atoms with van der Waals surface area (Å²) in [5, 5.41) is 0. The van der Waals surface area contributed by atoms with Gasteiger partial charge in [-0.25, -0.2) is 0 Å². The summed E-state index contributed by atoms with van der Waals surface area (Å²) in [5.41, 5.74) is 0. The Kier molecular flexibility index (Phi) is 8.05. The van der Waals surface area contributed by atoms with Crippen LogP contribution in [-0.4, -0.2) is 35.3 Å². The van der Waals surface area contributed by atoms with Crippen molar-refractivity contribution in [1.82, 2.24) is 4.00 Å². The Morgan fingerprint density at radius 2 is 1.35 bits per heavy atom. The average Bonchev–Trinajstić information content (AvgIpc) is 2.10. The predicted molar refractivity (Wildman–Crippen MR) is 102 cm³/mol. The SMILES string of the molecule is CCCCO[P+](=N[Si](C)(C)C)N([Si](C)(C)C)[Si](C)(C)C. The molecular weight excluding hydrogens is 315 g/mol. The van der Waals surface area contributed by atoms with Crippen molar-refractivity contribution < 1.29 is 4.52 Å². The summed E-state index contributed by atoms with van der Waals surface area (Å²) in [5.74, 6) is 0. The van der Waals surface area contributed by atoms with Gasteiger partial charge >= 0.3 is 8.09 Å². The Morgan fingerprint density at radius 1 is 0.900 bits per heavy atom. The van der Waals surface area contributed by atoms with Crippen LogP contribution in [0.3, 0.4) is 0 Å². The van der Waals surface area contributed by atoms with E-state index in [4.69, 9.17) is 8.93 Å². The number of unbranched alkanes of at least 4 members (excludes halogenated alkanes) is 1. The van der Waals surface area contributed by atoms with Crippen LogP contribution in [0.2, 0.25) is 58.9 Å². The quantitative estimate of drug-likeness (QED) is 0.299. The first kappa shape index (κ1) is 20.7. The second kappa shape index (κ2) is 7.79. The predicted octanol–water partition coefficient (Wildman–Crippen LogP) is 6.11. The fraction of sp³-hybridized carbons (Fsp3) is 1.00. The summed E-state index contributed by atoms with van der Waals surface area (Å²) < 4.78 is 14.2. The zero-order chi connectivity index (χ0) is 16.2. The molecule has 3 nitrogen and oxygen atoms in total. The van der Waals surface area contributed by atoms with Gasteiger partial charge in [0.05, 0.1) is 0 Å². The highest BCUT2D eigenvalue weighted by molar-refractivity contribution is 7.47. The normalized spacial score (nSPS) is 15.1. The molecule has 0 heterocycles. The van der Waals surface area contributed by atoms with Crippen molar-refractivity contribution in [2.45, 2.75) is 78.7 Å². The minimum absolute atomic E-state index is 0.756. The molecule has 0 spiro atoms. The number of hydrogen-bond acceptors (Lipinski definition) is 2. The minimum Gasteiger partial charge on any atom is -0.147 e. The van der Waals surface area contributed by atoms with Crippen LogP contribution >= 0.6 is 8.09 Å². The number of nitrogens with zero attached hydrogens (tertiary/aromatic N) is 2. The van der Waals surface area contributed by atoms with Gasteiger partial charge in [-0.3, -0.25) is 0 Å². The van der Waals surface area contributed by atoms with Gasteiger partial charge in [-0.05, 0) is 26.1 Å². The van der Waals surface area contributed by atoms with Gasteiger partial charge in [0, 0.05) is 0 Å². The van der Waals surface area contributed by atoms with E-state index in [1.165, 1.54) is 6.42 Å². The van der Waals surface area contributed by atoms with Crippen molar-refractivity contribution in [2.24, 2.45) is 4.41 Å². The Morgan fingerprint density at radius 3 is 1.65 bits per heavy atom. The van der Waals surface area contributed by atoms with E-state index in [0.717, 1.165) is 13.0 Å². The third-order valence-electron chi connectivity index (χ3n) is 2.53. The van der Waals surface area contributed by atoms with Crippen molar-refractivity contribution in [3.8, 4) is 0 Å². The molecular formula is C13H36N2OPSi3+. The van der Waals surface area contributed by atoms with Gasteiger partial charge in [0.25, 0.3) is 0 Å². The van der Waals surface area contributed by atoms with E-state index in [1.54, 1.807) is 0 Å². The third-order valence-corrected chi connectivity index (χ3v) is 17.6. The highest BCUT2D eigenvalue weighted by Gasteiger charge is 2.48. The van der Waals surface area contributed by atoms with E-state index in [1.807, 2.05) is 0 Å². The molecule has 0 N–H and O–H groups in total. The van der Waals surface area contributed by atoms with E-state index >= 15 is 0 Å². The van der Waals surface area contributed by atoms with Crippen LogP contribution in [0.4, 0.5) is 0 Å². The van der Waals surface area contributed by atoms with Crippen LogP contribution in [0.5, 0.6) is 0 Å². The molecule has 0 saturated carbocycles. The summed E-state index contributed by atoms with van der Waals surface area (Å²) in [6, 6.07) is 0. The smallest absolute Gasteiger partial charge is 0.147 e. The lowest BCUT2D eigenvalue weighted by molar-refractivity contribution is 0.337. The lowest BCUT2D eigenvalue weighted by Crippen LogP contribution is -2.55. The summed E-state index contributed by atoms with van der Waals surface area (Å²) in [6.07, 6.45) is 2.33. The Balaban J connectivity index is 5.50. The van der Waals surface area contributed by atoms with Crippen LogP contribution < -0.4 is 0 Å². The fourth-order valence-corrected chi connectivity index (χ4v) is 18.6. The van der Waals surface area contributed by atoms with Crippen LogP contribution in [0.15, 0.2) is 4.41 Å². The van der Waals surface area contributed by atoms with Crippen molar-refractivity contribution >= 4 is 32.8 Å². The lowest BCUT2D eigenvalue weighted by atomic mass is 10.4. The fourth-order valence-electron chi connectivity index (χ4n) is 2.20. The zero-order valence-electron chi connectivity index (χ0n) is 15.4. The standard InChI is InChI=1S/C13H36N2OPSi3/c1-11-12-13-16-17(14-18(2,3)4)15(19(5,6)7)20(8,9)10/h11-13H2,1-10H3/q+1. The third kappa shape index (κ3) is 8.20. The molecule has 0 radical (unpaired) electrons. The Hall–Kier alpha value is 0.671. The molecule has 0 fully saturated rings. The van der Waals surface area contributed by atoms with Crippen molar-refractivity contribution in [3.63, 3.8) is 0 Å².